The van der Waals surface area contributed by atoms with Gasteiger partial charge in [-0.25, -0.2) is 0 Å². The van der Waals surface area contributed by atoms with Crippen LogP contribution in [0.4, 0.5) is 0 Å². The molecule has 0 saturated heterocycles. The van der Waals surface area contributed by atoms with E-state index in [0.29, 0.717) is 19.8 Å². The fourth-order valence-electron chi connectivity index (χ4n) is 0.663. The molecule has 0 spiro atoms. The number of rotatable bonds is 7. The first-order valence-electron chi connectivity index (χ1n) is 3.83. The van der Waals surface area contributed by atoms with Crippen molar-refractivity contribution in [2.45, 2.75) is 6.04 Å². The molecular formula is C9H17NO2. The fourth-order valence-corrected chi connectivity index (χ4v) is 0.663. The smallest absolute Gasteiger partial charge is 0.0711 e. The van der Waals surface area contributed by atoms with Crippen LogP contribution in [0.5, 0.6) is 0 Å². The molecule has 0 bridgehead atoms. The quantitative estimate of drug-likeness (QED) is 0.574. The van der Waals surface area contributed by atoms with Gasteiger partial charge in [-0.1, -0.05) is 19.2 Å². The Morgan fingerprint density at radius 3 is 2.75 bits per heavy atom. The zero-order valence-electron chi connectivity index (χ0n) is 7.58. The highest BCUT2D eigenvalue weighted by Crippen LogP contribution is 1.92. The molecule has 2 N–H and O–H groups in total. The maximum Gasteiger partial charge on any atom is 0.0711 e. The summed E-state index contributed by atoms with van der Waals surface area (Å²) in [7, 11) is 1.61. The van der Waals surface area contributed by atoms with Crippen LogP contribution in [0.25, 0.3) is 0 Å². The summed E-state index contributed by atoms with van der Waals surface area (Å²) in [5.41, 5.74) is 6.47. The zero-order chi connectivity index (χ0) is 9.40. The van der Waals surface area contributed by atoms with Gasteiger partial charge in [-0.2, -0.15) is 0 Å². The van der Waals surface area contributed by atoms with Crippen LogP contribution in [0, 0.1) is 0 Å². The van der Waals surface area contributed by atoms with Crippen LogP contribution in [-0.2, 0) is 9.47 Å². The minimum atomic E-state index is -0.0624. The van der Waals surface area contributed by atoms with E-state index < -0.39 is 0 Å². The van der Waals surface area contributed by atoms with E-state index in [1.807, 2.05) is 0 Å². The van der Waals surface area contributed by atoms with E-state index in [2.05, 4.69) is 13.2 Å². The molecule has 3 nitrogen and oxygen atoms in total. The highest BCUT2D eigenvalue weighted by molar-refractivity contribution is 5.10. The summed E-state index contributed by atoms with van der Waals surface area (Å²) in [6.07, 6.45) is 1.67. The number of hydrogen-bond acceptors (Lipinski definition) is 3. The maximum atomic E-state index is 5.61. The van der Waals surface area contributed by atoms with E-state index in [0.717, 1.165) is 5.57 Å². The van der Waals surface area contributed by atoms with Gasteiger partial charge in [-0.3, -0.25) is 0 Å². The Labute approximate surface area is 73.8 Å². The Hall–Kier alpha value is -0.640. The average molecular weight is 171 g/mol. The standard InChI is InChI=1S/C9H17NO2/c1-4-8(2)5-12-7-9(10)6-11-3/h4,9H,1-2,5-7,10H2,3H3. The van der Waals surface area contributed by atoms with Gasteiger partial charge in [-0.15, -0.1) is 0 Å². The highest BCUT2D eigenvalue weighted by Gasteiger charge is 2.00. The molecule has 3 heteroatoms. The van der Waals surface area contributed by atoms with Crippen molar-refractivity contribution < 1.29 is 9.47 Å². The van der Waals surface area contributed by atoms with Gasteiger partial charge in [0, 0.05) is 7.11 Å². The first kappa shape index (κ1) is 11.4. The Morgan fingerprint density at radius 1 is 1.58 bits per heavy atom. The summed E-state index contributed by atoms with van der Waals surface area (Å²) in [5, 5.41) is 0. The minimum absolute atomic E-state index is 0.0624. The average Bonchev–Trinajstić information content (AvgIpc) is 2.04. The predicted molar refractivity (Wildman–Crippen MR) is 50.0 cm³/mol. The number of methoxy groups -OCH3 is 1. The third-order valence-corrected chi connectivity index (χ3v) is 1.29. The van der Waals surface area contributed by atoms with Crippen LogP contribution in [0.2, 0.25) is 0 Å². The Morgan fingerprint density at radius 2 is 2.25 bits per heavy atom. The van der Waals surface area contributed by atoms with Gasteiger partial charge in [-0.05, 0) is 5.57 Å². The van der Waals surface area contributed by atoms with E-state index >= 15 is 0 Å². The molecule has 12 heavy (non-hydrogen) atoms. The molecule has 0 aromatic carbocycles. The molecule has 0 fully saturated rings. The zero-order valence-corrected chi connectivity index (χ0v) is 7.58. The summed E-state index contributed by atoms with van der Waals surface area (Å²) < 4.78 is 10.1. The molecule has 0 saturated carbocycles. The van der Waals surface area contributed by atoms with Gasteiger partial charge in [0.25, 0.3) is 0 Å². The predicted octanol–water partition coefficient (Wildman–Crippen LogP) is 0.719. The Kier molecular flexibility index (Phi) is 6.66. The van der Waals surface area contributed by atoms with E-state index in [1.165, 1.54) is 0 Å². The number of hydrogen-bond donors (Lipinski definition) is 1. The van der Waals surface area contributed by atoms with Crippen LogP contribution < -0.4 is 5.73 Å². The molecule has 0 aliphatic heterocycles. The molecule has 0 aliphatic carbocycles. The second-order valence-electron chi connectivity index (χ2n) is 2.59. The third-order valence-electron chi connectivity index (χ3n) is 1.29. The Bertz CT molecular complexity index is 145. The van der Waals surface area contributed by atoms with Crippen molar-refractivity contribution in [3.05, 3.63) is 24.8 Å². The Balaban J connectivity index is 3.30. The number of ether oxygens (including phenoxy) is 2. The lowest BCUT2D eigenvalue weighted by Gasteiger charge is -2.10. The largest absolute Gasteiger partial charge is 0.383 e. The van der Waals surface area contributed by atoms with Gasteiger partial charge in [0.2, 0.25) is 0 Å². The molecule has 0 rings (SSSR count). The molecule has 0 aromatic rings. The molecule has 0 amide bonds. The second kappa shape index (κ2) is 7.03. The third kappa shape index (κ3) is 6.09. The monoisotopic (exact) mass is 171 g/mol. The summed E-state index contributed by atoms with van der Waals surface area (Å²) in [4.78, 5) is 0. The van der Waals surface area contributed by atoms with E-state index in [4.69, 9.17) is 15.2 Å². The van der Waals surface area contributed by atoms with Crippen molar-refractivity contribution in [3.63, 3.8) is 0 Å². The van der Waals surface area contributed by atoms with Crippen LogP contribution in [-0.4, -0.2) is 33.0 Å². The first-order valence-corrected chi connectivity index (χ1v) is 3.83. The van der Waals surface area contributed by atoms with Gasteiger partial charge in [0.05, 0.1) is 25.9 Å². The molecule has 1 unspecified atom stereocenters. The molecule has 70 valence electrons. The normalized spacial score (nSPS) is 12.5. The van der Waals surface area contributed by atoms with Crippen molar-refractivity contribution >= 4 is 0 Å². The van der Waals surface area contributed by atoms with Gasteiger partial charge in [0.15, 0.2) is 0 Å². The van der Waals surface area contributed by atoms with Crippen molar-refractivity contribution in [1.29, 1.82) is 0 Å². The SMILES string of the molecule is C=CC(=C)COCC(N)COC. The highest BCUT2D eigenvalue weighted by atomic mass is 16.5. The lowest BCUT2D eigenvalue weighted by Crippen LogP contribution is -2.31. The molecule has 0 aliphatic rings. The van der Waals surface area contributed by atoms with E-state index in [-0.39, 0.29) is 6.04 Å². The van der Waals surface area contributed by atoms with E-state index in [1.54, 1.807) is 13.2 Å². The first-order chi connectivity index (χ1) is 5.70. The van der Waals surface area contributed by atoms with Gasteiger partial charge >= 0.3 is 0 Å². The second-order valence-corrected chi connectivity index (χ2v) is 2.59. The summed E-state index contributed by atoms with van der Waals surface area (Å²) >= 11 is 0. The summed E-state index contributed by atoms with van der Waals surface area (Å²) in [5.74, 6) is 0. The van der Waals surface area contributed by atoms with Crippen LogP contribution in [0.1, 0.15) is 0 Å². The lowest BCUT2D eigenvalue weighted by molar-refractivity contribution is 0.100. The number of nitrogens with two attached hydrogens (primary N) is 1. The lowest BCUT2D eigenvalue weighted by atomic mass is 10.3. The van der Waals surface area contributed by atoms with E-state index in [9.17, 15) is 0 Å². The molecule has 0 aromatic heterocycles. The molecular weight excluding hydrogens is 154 g/mol. The molecule has 0 radical (unpaired) electrons. The minimum Gasteiger partial charge on any atom is -0.383 e. The van der Waals surface area contributed by atoms with Gasteiger partial charge < -0.3 is 15.2 Å². The fraction of sp³-hybridized carbons (Fsp3) is 0.556. The molecule has 1 atom stereocenters. The molecule has 0 heterocycles. The van der Waals surface area contributed by atoms with Gasteiger partial charge in [0.1, 0.15) is 0 Å². The topological polar surface area (TPSA) is 44.5 Å². The van der Waals surface area contributed by atoms with Crippen LogP contribution in [0.15, 0.2) is 24.8 Å². The maximum absolute atomic E-state index is 5.61. The van der Waals surface area contributed by atoms with Crippen LogP contribution >= 0.6 is 0 Å². The summed E-state index contributed by atoms with van der Waals surface area (Å²) in [6.45, 7) is 8.75. The van der Waals surface area contributed by atoms with Crippen molar-refractivity contribution in [2.75, 3.05) is 26.9 Å². The van der Waals surface area contributed by atoms with Crippen molar-refractivity contribution in [1.82, 2.24) is 0 Å². The van der Waals surface area contributed by atoms with Crippen molar-refractivity contribution in [3.8, 4) is 0 Å². The van der Waals surface area contributed by atoms with Crippen molar-refractivity contribution in [2.24, 2.45) is 5.73 Å². The van der Waals surface area contributed by atoms with Crippen LogP contribution in [0.3, 0.4) is 0 Å². The summed E-state index contributed by atoms with van der Waals surface area (Å²) in [6, 6.07) is -0.0624.